The minimum absolute atomic E-state index is 0.197. The molecule has 3 aliphatic rings. The van der Waals surface area contributed by atoms with E-state index in [-0.39, 0.29) is 11.3 Å². The van der Waals surface area contributed by atoms with Gasteiger partial charge >= 0.3 is 0 Å². The standard InChI is InChI=1S/C16H26N2O2S/c1-21-11-14(19)18-9-7-16(12-18)6-3-8-17(15(16)20)10-13-4-2-5-13/h13H,2-12H2,1H3/t16-/m1/s1. The molecule has 2 amide bonds. The average Bonchev–Trinajstić information content (AvgIpc) is 2.84. The maximum absolute atomic E-state index is 12.9. The molecule has 2 saturated heterocycles. The molecule has 0 radical (unpaired) electrons. The van der Waals surface area contributed by atoms with Gasteiger partial charge in [-0.15, -0.1) is 0 Å². The third-order valence-corrected chi connectivity index (χ3v) is 6.04. The molecule has 5 heteroatoms. The molecule has 1 aliphatic carbocycles. The lowest BCUT2D eigenvalue weighted by Crippen LogP contribution is -2.52. The van der Waals surface area contributed by atoms with E-state index in [0.717, 1.165) is 44.8 Å². The fourth-order valence-corrected chi connectivity index (χ4v) is 4.42. The van der Waals surface area contributed by atoms with Crippen molar-refractivity contribution < 1.29 is 9.59 Å². The van der Waals surface area contributed by atoms with E-state index in [1.54, 1.807) is 11.8 Å². The molecule has 1 spiro atoms. The molecule has 1 atom stereocenters. The first kappa shape index (κ1) is 15.2. The van der Waals surface area contributed by atoms with Gasteiger partial charge in [0.05, 0.1) is 11.2 Å². The number of amides is 2. The molecular weight excluding hydrogens is 284 g/mol. The van der Waals surface area contributed by atoms with Gasteiger partial charge in [-0.3, -0.25) is 9.59 Å². The number of rotatable bonds is 4. The number of thioether (sulfide) groups is 1. The van der Waals surface area contributed by atoms with Crippen LogP contribution >= 0.6 is 11.8 Å². The second kappa shape index (κ2) is 6.19. The van der Waals surface area contributed by atoms with E-state index in [1.165, 1.54) is 19.3 Å². The molecule has 0 aromatic heterocycles. The lowest BCUT2D eigenvalue weighted by molar-refractivity contribution is -0.147. The van der Waals surface area contributed by atoms with Crippen LogP contribution < -0.4 is 0 Å². The highest BCUT2D eigenvalue weighted by molar-refractivity contribution is 7.99. The van der Waals surface area contributed by atoms with Crippen LogP contribution in [0.15, 0.2) is 0 Å². The van der Waals surface area contributed by atoms with Gasteiger partial charge in [0, 0.05) is 26.2 Å². The van der Waals surface area contributed by atoms with Crippen molar-refractivity contribution in [2.45, 2.75) is 38.5 Å². The summed E-state index contributed by atoms with van der Waals surface area (Å²) < 4.78 is 0. The Morgan fingerprint density at radius 1 is 1.29 bits per heavy atom. The first-order valence-corrected chi connectivity index (χ1v) is 9.60. The lowest BCUT2D eigenvalue weighted by Gasteiger charge is -2.42. The third kappa shape index (κ3) is 2.94. The zero-order valence-electron chi connectivity index (χ0n) is 13.0. The maximum Gasteiger partial charge on any atom is 0.232 e. The molecule has 0 bridgehead atoms. The van der Waals surface area contributed by atoms with Crippen LogP contribution in [0.4, 0.5) is 0 Å². The molecule has 118 valence electrons. The van der Waals surface area contributed by atoms with Crippen LogP contribution in [0.3, 0.4) is 0 Å². The topological polar surface area (TPSA) is 40.6 Å². The van der Waals surface area contributed by atoms with Crippen LogP contribution in [0.5, 0.6) is 0 Å². The van der Waals surface area contributed by atoms with Crippen LogP contribution in [-0.2, 0) is 9.59 Å². The quantitative estimate of drug-likeness (QED) is 0.797. The van der Waals surface area contributed by atoms with Crippen molar-refractivity contribution >= 4 is 23.6 Å². The van der Waals surface area contributed by atoms with Gasteiger partial charge in [-0.05, 0) is 44.3 Å². The van der Waals surface area contributed by atoms with E-state index in [2.05, 4.69) is 4.90 Å². The van der Waals surface area contributed by atoms with Crippen molar-refractivity contribution in [1.29, 1.82) is 0 Å². The van der Waals surface area contributed by atoms with Crippen LogP contribution in [0.25, 0.3) is 0 Å². The van der Waals surface area contributed by atoms with Gasteiger partial charge < -0.3 is 9.80 Å². The smallest absolute Gasteiger partial charge is 0.232 e. The Kier molecular flexibility index (Phi) is 4.48. The summed E-state index contributed by atoms with van der Waals surface area (Å²) in [5.41, 5.74) is -0.254. The number of piperidine rings is 1. The predicted molar refractivity (Wildman–Crippen MR) is 85.2 cm³/mol. The maximum atomic E-state index is 12.9. The Morgan fingerprint density at radius 3 is 2.76 bits per heavy atom. The molecule has 2 aliphatic heterocycles. The number of nitrogens with zero attached hydrogens (tertiary/aromatic N) is 2. The van der Waals surface area contributed by atoms with Crippen LogP contribution in [0.2, 0.25) is 0 Å². The van der Waals surface area contributed by atoms with E-state index in [0.29, 0.717) is 18.2 Å². The molecule has 21 heavy (non-hydrogen) atoms. The summed E-state index contributed by atoms with van der Waals surface area (Å²) in [5, 5.41) is 0. The van der Waals surface area contributed by atoms with E-state index in [9.17, 15) is 9.59 Å². The average molecular weight is 310 g/mol. The van der Waals surface area contributed by atoms with Gasteiger partial charge in [0.1, 0.15) is 0 Å². The summed E-state index contributed by atoms with van der Waals surface area (Å²) in [6.45, 7) is 3.31. The first-order chi connectivity index (χ1) is 10.1. The van der Waals surface area contributed by atoms with Gasteiger partial charge in [-0.25, -0.2) is 0 Å². The second-order valence-electron chi connectivity index (χ2n) is 6.93. The zero-order chi connectivity index (χ0) is 14.9. The fourth-order valence-electron chi connectivity index (χ4n) is 3.99. The predicted octanol–water partition coefficient (Wildman–Crippen LogP) is 1.99. The summed E-state index contributed by atoms with van der Waals surface area (Å²) in [4.78, 5) is 29.0. The summed E-state index contributed by atoms with van der Waals surface area (Å²) in [7, 11) is 0. The van der Waals surface area contributed by atoms with Crippen molar-refractivity contribution in [3.63, 3.8) is 0 Å². The van der Waals surface area contributed by atoms with Crippen molar-refractivity contribution in [1.82, 2.24) is 9.80 Å². The fraction of sp³-hybridized carbons (Fsp3) is 0.875. The highest BCUT2D eigenvalue weighted by atomic mass is 32.2. The van der Waals surface area contributed by atoms with E-state index in [1.807, 2.05) is 11.2 Å². The Morgan fingerprint density at radius 2 is 2.10 bits per heavy atom. The van der Waals surface area contributed by atoms with Gasteiger partial charge in [0.25, 0.3) is 0 Å². The minimum Gasteiger partial charge on any atom is -0.342 e. The van der Waals surface area contributed by atoms with Gasteiger partial charge in [0.2, 0.25) is 11.8 Å². The highest BCUT2D eigenvalue weighted by Crippen LogP contribution is 2.41. The van der Waals surface area contributed by atoms with Crippen molar-refractivity contribution in [2.75, 3.05) is 38.2 Å². The second-order valence-corrected chi connectivity index (χ2v) is 7.80. The van der Waals surface area contributed by atoms with Gasteiger partial charge in [-0.1, -0.05) is 6.42 Å². The molecule has 0 aromatic rings. The molecule has 0 N–H and O–H groups in total. The van der Waals surface area contributed by atoms with Crippen LogP contribution in [-0.4, -0.2) is 59.8 Å². The molecule has 4 nitrogen and oxygen atoms in total. The normalized spacial score (nSPS) is 30.0. The SMILES string of the molecule is CSCC(=O)N1CC[C@]2(CCCN(CC3CCC3)C2=O)C1. The summed E-state index contributed by atoms with van der Waals surface area (Å²) in [5.74, 6) is 1.80. The molecule has 2 heterocycles. The highest BCUT2D eigenvalue weighted by Gasteiger charge is 2.49. The Balaban J connectivity index is 1.63. The molecule has 3 fully saturated rings. The van der Waals surface area contributed by atoms with E-state index >= 15 is 0 Å². The third-order valence-electron chi connectivity index (χ3n) is 5.50. The molecule has 3 rings (SSSR count). The summed E-state index contributed by atoms with van der Waals surface area (Å²) >= 11 is 1.57. The number of hydrogen-bond donors (Lipinski definition) is 0. The van der Waals surface area contributed by atoms with E-state index in [4.69, 9.17) is 0 Å². The molecular formula is C16H26N2O2S. The number of hydrogen-bond acceptors (Lipinski definition) is 3. The van der Waals surface area contributed by atoms with Gasteiger partial charge in [0.15, 0.2) is 0 Å². The minimum atomic E-state index is -0.254. The molecule has 0 aromatic carbocycles. The zero-order valence-corrected chi connectivity index (χ0v) is 13.8. The van der Waals surface area contributed by atoms with Crippen molar-refractivity contribution in [3.8, 4) is 0 Å². The number of likely N-dealkylation sites (tertiary alicyclic amines) is 2. The molecule has 1 saturated carbocycles. The first-order valence-electron chi connectivity index (χ1n) is 8.21. The Bertz CT molecular complexity index is 425. The van der Waals surface area contributed by atoms with Crippen LogP contribution in [0, 0.1) is 11.3 Å². The van der Waals surface area contributed by atoms with E-state index < -0.39 is 0 Å². The molecule has 0 unspecified atom stereocenters. The number of carbonyl (C=O) groups is 2. The Labute approximate surface area is 131 Å². The monoisotopic (exact) mass is 310 g/mol. The van der Waals surface area contributed by atoms with Crippen molar-refractivity contribution in [2.24, 2.45) is 11.3 Å². The van der Waals surface area contributed by atoms with Crippen molar-refractivity contribution in [3.05, 3.63) is 0 Å². The summed E-state index contributed by atoms with van der Waals surface area (Å²) in [6.07, 6.45) is 8.79. The lowest BCUT2D eigenvalue weighted by atomic mass is 9.77. The van der Waals surface area contributed by atoms with Crippen LogP contribution in [0.1, 0.15) is 38.5 Å². The number of carbonyl (C=O) groups excluding carboxylic acids is 2. The largest absolute Gasteiger partial charge is 0.342 e. The summed E-state index contributed by atoms with van der Waals surface area (Å²) in [6, 6.07) is 0. The Hall–Kier alpha value is -0.710. The van der Waals surface area contributed by atoms with Gasteiger partial charge in [-0.2, -0.15) is 11.8 Å².